The fraction of sp³-hybridized carbons (Fsp3) is 0.407. The topological polar surface area (TPSA) is 120 Å². The van der Waals surface area contributed by atoms with E-state index in [0.29, 0.717) is 61.3 Å². The second-order valence-electron chi connectivity index (χ2n) is 10.0. The summed E-state index contributed by atoms with van der Waals surface area (Å²) in [5, 5.41) is 17.2. The van der Waals surface area contributed by atoms with E-state index >= 15 is 0 Å². The molecular weight excluding hydrogens is 523 g/mol. The predicted octanol–water partition coefficient (Wildman–Crippen LogP) is 3.26. The maximum Gasteiger partial charge on any atom is 0.243 e. The maximum absolute atomic E-state index is 13.5. The highest BCUT2D eigenvalue weighted by molar-refractivity contribution is 7.89. The lowest BCUT2D eigenvalue weighted by Crippen LogP contribution is -2.53. The van der Waals surface area contributed by atoms with E-state index in [9.17, 15) is 17.9 Å². The van der Waals surface area contributed by atoms with Crippen molar-refractivity contribution in [2.24, 2.45) is 0 Å². The number of hydrogen-bond donors (Lipinski definition) is 3. The number of piperidine rings is 1. The van der Waals surface area contributed by atoms with Gasteiger partial charge in [-0.15, -0.1) is 0 Å². The van der Waals surface area contributed by atoms with Crippen LogP contribution in [0.5, 0.6) is 0 Å². The molecule has 5 rings (SSSR count). The van der Waals surface area contributed by atoms with Crippen LogP contribution in [0.4, 0.5) is 27.5 Å². The van der Waals surface area contributed by atoms with Crippen LogP contribution in [-0.2, 0) is 14.8 Å². The number of aliphatic hydroxyl groups is 1. The standard InChI is InChI=1S/C27H33FN6O4S/c1-20-18-22(4-7-24(20)28)30-25-8-11-29-26(32-25)31-21-2-5-23(6-3-21)39(36,37)34-12-9-27(35,10-13-34)19-33-14-16-38-17-15-33/h2-8,11,18,35H,9-10,12-17,19H2,1H3,(H2,29,30,31,32). The van der Waals surface area contributed by atoms with Crippen molar-refractivity contribution >= 4 is 33.2 Å². The molecule has 2 fully saturated rings. The van der Waals surface area contributed by atoms with Crippen molar-refractivity contribution in [2.75, 3.05) is 56.6 Å². The van der Waals surface area contributed by atoms with Crippen molar-refractivity contribution < 1.29 is 22.7 Å². The summed E-state index contributed by atoms with van der Waals surface area (Å²) in [4.78, 5) is 11.0. The van der Waals surface area contributed by atoms with Crippen LogP contribution in [0.1, 0.15) is 18.4 Å². The molecule has 0 aliphatic carbocycles. The Bertz CT molecular complexity index is 1390. The Kier molecular flexibility index (Phi) is 8.10. The smallest absolute Gasteiger partial charge is 0.243 e. The molecular formula is C27H33FN6O4S. The van der Waals surface area contributed by atoms with Gasteiger partial charge in [0.2, 0.25) is 16.0 Å². The van der Waals surface area contributed by atoms with Crippen molar-refractivity contribution in [3.63, 3.8) is 0 Å². The first kappa shape index (κ1) is 27.4. The average molecular weight is 557 g/mol. The first-order chi connectivity index (χ1) is 18.7. The van der Waals surface area contributed by atoms with Gasteiger partial charge in [-0.1, -0.05) is 0 Å². The second-order valence-corrected chi connectivity index (χ2v) is 12.0. The summed E-state index contributed by atoms with van der Waals surface area (Å²) in [6, 6.07) is 12.8. The lowest BCUT2D eigenvalue weighted by Gasteiger charge is -2.41. The first-order valence-electron chi connectivity index (χ1n) is 13.0. The van der Waals surface area contributed by atoms with E-state index in [1.807, 2.05) is 0 Å². The SMILES string of the molecule is Cc1cc(Nc2ccnc(Nc3ccc(S(=O)(=O)N4CCC(O)(CN5CCOCC5)CC4)cc3)n2)ccc1F. The van der Waals surface area contributed by atoms with Crippen LogP contribution in [0.25, 0.3) is 0 Å². The Morgan fingerprint density at radius 3 is 2.38 bits per heavy atom. The summed E-state index contributed by atoms with van der Waals surface area (Å²) in [7, 11) is -3.69. The van der Waals surface area contributed by atoms with Gasteiger partial charge in [-0.3, -0.25) is 4.90 Å². The number of halogens is 1. The van der Waals surface area contributed by atoms with Crippen LogP contribution in [0.3, 0.4) is 0 Å². The van der Waals surface area contributed by atoms with E-state index in [4.69, 9.17) is 4.74 Å². The molecule has 2 saturated heterocycles. The molecule has 208 valence electrons. The third-order valence-electron chi connectivity index (χ3n) is 7.11. The normalized spacial score (nSPS) is 18.5. The number of aromatic nitrogens is 2. The third kappa shape index (κ3) is 6.71. The van der Waals surface area contributed by atoms with Crippen molar-refractivity contribution in [3.8, 4) is 0 Å². The number of morpholine rings is 1. The molecule has 12 heteroatoms. The van der Waals surface area contributed by atoms with Gasteiger partial charge in [0, 0.05) is 50.3 Å². The maximum atomic E-state index is 13.5. The Morgan fingerprint density at radius 2 is 1.69 bits per heavy atom. The number of anilines is 4. The highest BCUT2D eigenvalue weighted by Crippen LogP contribution is 2.29. The molecule has 0 amide bonds. The molecule has 0 spiro atoms. The predicted molar refractivity (Wildman–Crippen MR) is 146 cm³/mol. The molecule has 3 heterocycles. The summed E-state index contributed by atoms with van der Waals surface area (Å²) in [5.41, 5.74) is 0.957. The fourth-order valence-electron chi connectivity index (χ4n) is 4.82. The second kappa shape index (κ2) is 11.5. The van der Waals surface area contributed by atoms with Gasteiger partial charge >= 0.3 is 0 Å². The van der Waals surface area contributed by atoms with Gasteiger partial charge in [0.25, 0.3) is 0 Å². The number of rotatable bonds is 8. The zero-order chi connectivity index (χ0) is 27.5. The van der Waals surface area contributed by atoms with Crippen LogP contribution in [0.15, 0.2) is 59.6 Å². The zero-order valence-electron chi connectivity index (χ0n) is 21.8. The summed E-state index contributed by atoms with van der Waals surface area (Å²) >= 11 is 0. The lowest BCUT2D eigenvalue weighted by molar-refractivity contribution is -0.0550. The van der Waals surface area contributed by atoms with Crippen LogP contribution in [0.2, 0.25) is 0 Å². The fourth-order valence-corrected chi connectivity index (χ4v) is 6.27. The molecule has 1 aromatic heterocycles. The van der Waals surface area contributed by atoms with Crippen molar-refractivity contribution in [2.45, 2.75) is 30.3 Å². The number of β-amino-alcohol motifs (C(OH)–C–C–N with tert-alkyl or cyclic N) is 1. The van der Waals surface area contributed by atoms with Gasteiger partial charge in [-0.25, -0.2) is 17.8 Å². The molecule has 2 aromatic carbocycles. The zero-order valence-corrected chi connectivity index (χ0v) is 22.6. The van der Waals surface area contributed by atoms with E-state index in [-0.39, 0.29) is 23.8 Å². The first-order valence-corrected chi connectivity index (χ1v) is 14.4. The summed E-state index contributed by atoms with van der Waals surface area (Å²) in [6.07, 6.45) is 2.37. The van der Waals surface area contributed by atoms with Crippen LogP contribution in [-0.4, -0.2) is 84.2 Å². The number of sulfonamides is 1. The van der Waals surface area contributed by atoms with E-state index in [0.717, 1.165) is 13.1 Å². The Hall–Kier alpha value is -3.16. The summed E-state index contributed by atoms with van der Waals surface area (Å²) in [5.74, 6) is 0.572. The largest absolute Gasteiger partial charge is 0.388 e. The molecule has 0 radical (unpaired) electrons. The molecule has 3 aromatic rings. The van der Waals surface area contributed by atoms with Crippen LogP contribution < -0.4 is 10.6 Å². The molecule has 0 bridgehead atoms. The lowest BCUT2D eigenvalue weighted by atomic mass is 9.92. The van der Waals surface area contributed by atoms with Gasteiger partial charge < -0.3 is 20.5 Å². The molecule has 3 N–H and O–H groups in total. The summed E-state index contributed by atoms with van der Waals surface area (Å²) in [6.45, 7) is 5.64. The molecule has 39 heavy (non-hydrogen) atoms. The quantitative estimate of drug-likeness (QED) is 0.384. The Morgan fingerprint density at radius 1 is 1.00 bits per heavy atom. The number of aryl methyl sites for hydroxylation is 1. The molecule has 0 unspecified atom stereocenters. The molecule has 0 atom stereocenters. The van der Waals surface area contributed by atoms with E-state index in [1.165, 1.54) is 10.4 Å². The van der Waals surface area contributed by atoms with Crippen molar-refractivity contribution in [3.05, 3.63) is 66.1 Å². The van der Waals surface area contributed by atoms with Gasteiger partial charge in [0.15, 0.2) is 0 Å². The minimum atomic E-state index is -3.69. The monoisotopic (exact) mass is 556 g/mol. The molecule has 10 nitrogen and oxygen atoms in total. The van der Waals surface area contributed by atoms with Gasteiger partial charge in [0.1, 0.15) is 11.6 Å². The van der Waals surface area contributed by atoms with Crippen LogP contribution in [0, 0.1) is 12.7 Å². The van der Waals surface area contributed by atoms with E-state index in [2.05, 4.69) is 25.5 Å². The van der Waals surface area contributed by atoms with Crippen molar-refractivity contribution in [1.29, 1.82) is 0 Å². The number of nitrogens with zero attached hydrogens (tertiary/aromatic N) is 4. The molecule has 0 saturated carbocycles. The number of nitrogens with one attached hydrogen (secondary N) is 2. The highest BCUT2D eigenvalue weighted by Gasteiger charge is 2.38. The minimum absolute atomic E-state index is 0.190. The van der Waals surface area contributed by atoms with Gasteiger partial charge in [-0.05, 0) is 73.9 Å². The van der Waals surface area contributed by atoms with Gasteiger partial charge in [0.05, 0.1) is 23.7 Å². The number of hydrogen-bond acceptors (Lipinski definition) is 9. The Labute approximate surface area is 227 Å². The third-order valence-corrected chi connectivity index (χ3v) is 9.02. The van der Waals surface area contributed by atoms with Crippen LogP contribution >= 0.6 is 0 Å². The Balaban J connectivity index is 1.19. The highest BCUT2D eigenvalue weighted by atomic mass is 32.2. The minimum Gasteiger partial charge on any atom is -0.388 e. The molecule has 2 aliphatic heterocycles. The van der Waals surface area contributed by atoms with Gasteiger partial charge in [-0.2, -0.15) is 9.29 Å². The van der Waals surface area contributed by atoms with Crippen molar-refractivity contribution in [1.82, 2.24) is 19.2 Å². The number of benzene rings is 2. The summed E-state index contributed by atoms with van der Waals surface area (Å²) < 4.78 is 46.9. The van der Waals surface area contributed by atoms with E-state index in [1.54, 1.807) is 55.6 Å². The molecule has 2 aliphatic rings. The average Bonchev–Trinajstić information content (AvgIpc) is 2.92. The van der Waals surface area contributed by atoms with E-state index < -0.39 is 15.6 Å². The number of ether oxygens (including phenoxy) is 1.